The summed E-state index contributed by atoms with van der Waals surface area (Å²) in [6.45, 7) is 0. The molecule has 2 heterocycles. The Morgan fingerprint density at radius 2 is 1.31 bits per heavy atom. The van der Waals surface area contributed by atoms with E-state index in [9.17, 15) is 9.59 Å². The van der Waals surface area contributed by atoms with Gasteiger partial charge < -0.3 is 14.8 Å². The first-order valence-corrected chi connectivity index (χ1v) is 11.1. The van der Waals surface area contributed by atoms with E-state index in [1.807, 2.05) is 24.3 Å². The third kappa shape index (κ3) is 2.98. The molecule has 1 unspecified atom stereocenters. The van der Waals surface area contributed by atoms with Gasteiger partial charge in [0.05, 0.1) is 14.2 Å². The number of amides is 3. The average Bonchev–Trinajstić information content (AvgIpc) is 3.09. The van der Waals surface area contributed by atoms with E-state index in [0.717, 1.165) is 41.9 Å². The highest BCUT2D eigenvalue weighted by Crippen LogP contribution is 2.58. The number of likely N-dealkylation sites (tertiary alicyclic amines) is 1. The predicted octanol–water partition coefficient (Wildman–Crippen LogP) is 3.43. The van der Waals surface area contributed by atoms with E-state index in [-0.39, 0.29) is 29.8 Å². The van der Waals surface area contributed by atoms with E-state index in [1.54, 1.807) is 14.2 Å². The van der Waals surface area contributed by atoms with Crippen molar-refractivity contribution in [2.75, 3.05) is 21.3 Å². The zero-order valence-corrected chi connectivity index (χ0v) is 18.6. The Hall–Kier alpha value is -3.06. The maximum absolute atomic E-state index is 13.4. The molecule has 3 aliphatic rings. The lowest BCUT2D eigenvalue weighted by Gasteiger charge is -2.59. The van der Waals surface area contributed by atoms with E-state index in [1.165, 1.54) is 0 Å². The highest BCUT2D eigenvalue weighted by molar-refractivity contribution is 6.07. The lowest BCUT2D eigenvalue weighted by molar-refractivity contribution is -0.144. The standard InChI is InChI=1S/C25H29N3O4/c1-28-21(15-7-11-17(31-2)12-8-15)19-5-4-6-20(25(19)23(29)26-24(30)27-25)22(28)16-9-13-18(32-3)14-10-16/h7-14,19-22H,4-6H2,1-3H3,(H2,26,27,29,30)/t19-,20+,21-,22-,25?/m0/s1. The normalized spacial score (nSPS) is 31.8. The molecule has 2 saturated heterocycles. The van der Waals surface area contributed by atoms with Crippen molar-refractivity contribution >= 4 is 11.9 Å². The van der Waals surface area contributed by atoms with E-state index in [2.05, 4.69) is 46.8 Å². The van der Waals surface area contributed by atoms with E-state index in [0.29, 0.717) is 0 Å². The van der Waals surface area contributed by atoms with Crippen LogP contribution in [-0.4, -0.2) is 43.6 Å². The van der Waals surface area contributed by atoms with Crippen LogP contribution in [0.15, 0.2) is 48.5 Å². The highest BCUT2D eigenvalue weighted by Gasteiger charge is 2.66. The number of rotatable bonds is 4. The molecule has 0 radical (unpaired) electrons. The third-order valence-electron chi connectivity index (χ3n) is 7.68. The van der Waals surface area contributed by atoms with Gasteiger partial charge in [0, 0.05) is 23.9 Å². The Labute approximate surface area is 188 Å². The topological polar surface area (TPSA) is 79.9 Å². The van der Waals surface area contributed by atoms with Gasteiger partial charge in [-0.05, 0) is 55.3 Å². The van der Waals surface area contributed by atoms with Gasteiger partial charge in [0.25, 0.3) is 5.91 Å². The minimum absolute atomic E-state index is 0.0272. The highest BCUT2D eigenvalue weighted by atomic mass is 16.5. The molecule has 2 aromatic carbocycles. The van der Waals surface area contributed by atoms with Gasteiger partial charge in [0.15, 0.2) is 0 Å². The summed E-state index contributed by atoms with van der Waals surface area (Å²) in [6.07, 6.45) is 2.77. The number of carbonyl (C=O) groups excluding carboxylic acids is 2. The molecular formula is C25H29N3O4. The summed E-state index contributed by atoms with van der Waals surface area (Å²) in [7, 11) is 5.44. The molecule has 2 aliphatic heterocycles. The van der Waals surface area contributed by atoms with Crippen LogP contribution in [-0.2, 0) is 4.79 Å². The Bertz CT molecular complexity index is 957. The van der Waals surface area contributed by atoms with Gasteiger partial charge in [-0.3, -0.25) is 15.0 Å². The molecule has 168 valence electrons. The number of piperidine rings is 1. The predicted molar refractivity (Wildman–Crippen MR) is 119 cm³/mol. The lowest BCUT2D eigenvalue weighted by Crippen LogP contribution is -2.69. The fourth-order valence-electron chi connectivity index (χ4n) is 6.38. The zero-order valence-electron chi connectivity index (χ0n) is 18.6. The van der Waals surface area contributed by atoms with Crippen molar-refractivity contribution in [3.05, 3.63) is 59.7 Å². The molecule has 1 saturated carbocycles. The Balaban J connectivity index is 1.66. The number of benzene rings is 2. The molecule has 3 fully saturated rings. The molecule has 0 aromatic heterocycles. The first-order valence-electron chi connectivity index (χ1n) is 11.1. The van der Waals surface area contributed by atoms with Crippen LogP contribution in [0.5, 0.6) is 11.5 Å². The van der Waals surface area contributed by atoms with Crippen LogP contribution < -0.4 is 20.1 Å². The molecule has 2 aromatic rings. The van der Waals surface area contributed by atoms with Gasteiger partial charge in [-0.1, -0.05) is 30.7 Å². The first kappa shape index (κ1) is 20.8. The summed E-state index contributed by atoms with van der Waals surface area (Å²) in [5.41, 5.74) is 1.31. The fourth-order valence-corrected chi connectivity index (χ4v) is 6.38. The summed E-state index contributed by atoms with van der Waals surface area (Å²) in [6, 6.07) is 15.7. The molecule has 5 atom stereocenters. The molecule has 5 rings (SSSR count). The molecule has 3 amide bonds. The maximum Gasteiger partial charge on any atom is 0.322 e. The molecule has 2 N–H and O–H groups in total. The van der Waals surface area contributed by atoms with E-state index < -0.39 is 11.6 Å². The third-order valence-corrected chi connectivity index (χ3v) is 7.68. The molecule has 7 heteroatoms. The van der Waals surface area contributed by atoms with Gasteiger partial charge in [-0.2, -0.15) is 0 Å². The van der Waals surface area contributed by atoms with Crippen LogP contribution in [0.3, 0.4) is 0 Å². The molecule has 1 aliphatic carbocycles. The average molecular weight is 436 g/mol. The minimum Gasteiger partial charge on any atom is -0.497 e. The van der Waals surface area contributed by atoms with Crippen molar-refractivity contribution in [1.29, 1.82) is 0 Å². The van der Waals surface area contributed by atoms with Crippen molar-refractivity contribution in [3.63, 3.8) is 0 Å². The molecular weight excluding hydrogens is 406 g/mol. The second-order valence-electron chi connectivity index (χ2n) is 9.02. The van der Waals surface area contributed by atoms with Crippen molar-refractivity contribution in [1.82, 2.24) is 15.5 Å². The van der Waals surface area contributed by atoms with Crippen LogP contribution in [0.4, 0.5) is 4.79 Å². The molecule has 7 nitrogen and oxygen atoms in total. The van der Waals surface area contributed by atoms with E-state index >= 15 is 0 Å². The minimum atomic E-state index is -0.920. The molecule has 2 bridgehead atoms. The fraction of sp³-hybridized carbons (Fsp3) is 0.440. The Kier molecular flexibility index (Phi) is 5.08. The second kappa shape index (κ2) is 7.81. The number of imide groups is 1. The van der Waals surface area contributed by atoms with Gasteiger partial charge in [-0.15, -0.1) is 0 Å². The monoisotopic (exact) mass is 435 g/mol. The number of methoxy groups -OCH3 is 2. The van der Waals surface area contributed by atoms with Gasteiger partial charge in [0.2, 0.25) is 0 Å². The second-order valence-corrected chi connectivity index (χ2v) is 9.02. The van der Waals surface area contributed by atoms with Gasteiger partial charge >= 0.3 is 6.03 Å². The zero-order chi connectivity index (χ0) is 22.5. The Morgan fingerprint density at radius 3 is 1.69 bits per heavy atom. The first-order chi connectivity index (χ1) is 15.5. The Morgan fingerprint density at radius 1 is 0.844 bits per heavy atom. The number of urea groups is 1. The summed E-state index contributed by atoms with van der Waals surface area (Å²) in [5, 5.41) is 5.66. The largest absolute Gasteiger partial charge is 0.497 e. The number of ether oxygens (including phenoxy) is 2. The van der Waals surface area contributed by atoms with Gasteiger partial charge in [0.1, 0.15) is 17.0 Å². The van der Waals surface area contributed by atoms with Crippen molar-refractivity contribution in [2.24, 2.45) is 11.8 Å². The summed E-state index contributed by atoms with van der Waals surface area (Å²) in [4.78, 5) is 28.2. The van der Waals surface area contributed by atoms with Crippen molar-refractivity contribution in [2.45, 2.75) is 36.9 Å². The van der Waals surface area contributed by atoms with Crippen LogP contribution in [0.25, 0.3) is 0 Å². The number of hydrogen-bond donors (Lipinski definition) is 2. The number of carbonyl (C=O) groups is 2. The molecule has 32 heavy (non-hydrogen) atoms. The summed E-state index contributed by atoms with van der Waals surface area (Å²) in [5.74, 6) is 1.34. The maximum atomic E-state index is 13.4. The smallest absolute Gasteiger partial charge is 0.322 e. The summed E-state index contributed by atoms with van der Waals surface area (Å²) < 4.78 is 10.7. The quantitative estimate of drug-likeness (QED) is 0.720. The number of hydrogen-bond acceptors (Lipinski definition) is 5. The van der Waals surface area contributed by atoms with E-state index in [4.69, 9.17) is 9.47 Å². The van der Waals surface area contributed by atoms with Crippen LogP contribution >= 0.6 is 0 Å². The SMILES string of the molecule is COc1ccc([C@H]2[C@H]3CCC[C@@H]([C@H](c4ccc(OC)cc4)N2C)C32NC(=O)NC2=O)cc1. The number of nitrogens with zero attached hydrogens (tertiary/aromatic N) is 1. The van der Waals surface area contributed by atoms with Gasteiger partial charge in [-0.25, -0.2) is 4.79 Å². The van der Waals surface area contributed by atoms with Crippen LogP contribution in [0.2, 0.25) is 0 Å². The molecule has 1 spiro atoms. The number of nitrogens with one attached hydrogen (secondary N) is 2. The van der Waals surface area contributed by atoms with Crippen molar-refractivity contribution in [3.8, 4) is 11.5 Å². The summed E-state index contributed by atoms with van der Waals surface area (Å²) >= 11 is 0. The van der Waals surface area contributed by atoms with Crippen LogP contribution in [0.1, 0.15) is 42.5 Å². The lowest BCUT2D eigenvalue weighted by atomic mass is 9.56. The van der Waals surface area contributed by atoms with Crippen molar-refractivity contribution < 1.29 is 19.1 Å². The van der Waals surface area contributed by atoms with Crippen LogP contribution in [0, 0.1) is 11.8 Å².